The molecule has 0 fully saturated rings. The number of carbonyl (C=O) groups is 3. The van der Waals surface area contributed by atoms with E-state index < -0.39 is 0 Å². The van der Waals surface area contributed by atoms with Crippen molar-refractivity contribution < 1.29 is 18.8 Å². The van der Waals surface area contributed by atoms with Crippen LogP contribution in [0, 0.1) is 0 Å². The number of hydrogen-bond donors (Lipinski definition) is 4. The fraction of sp³-hybridized carbons (Fsp3) is 0.174. The molecule has 3 aromatic rings. The lowest BCUT2D eigenvalue weighted by molar-refractivity contribution is -0.116. The molecule has 0 saturated carbocycles. The van der Waals surface area contributed by atoms with Gasteiger partial charge in [-0.1, -0.05) is 24.6 Å². The first-order valence-corrected chi connectivity index (χ1v) is 10.4. The molecule has 3 amide bonds. The number of nitrogens with one attached hydrogen (secondary N) is 4. The first kappa shape index (κ1) is 22.9. The van der Waals surface area contributed by atoms with Gasteiger partial charge in [0.05, 0.1) is 23.5 Å². The number of hydrogen-bond acceptors (Lipinski definition) is 5. The summed E-state index contributed by atoms with van der Waals surface area (Å²) in [5.41, 5.74) is 2.14. The third kappa shape index (κ3) is 6.61. The van der Waals surface area contributed by atoms with Crippen LogP contribution in [0.3, 0.4) is 0 Å². The van der Waals surface area contributed by atoms with Crippen molar-refractivity contribution in [3.05, 3.63) is 71.6 Å². The van der Waals surface area contributed by atoms with Gasteiger partial charge in [0.25, 0.3) is 5.91 Å². The predicted octanol–water partition coefficient (Wildman–Crippen LogP) is 4.97. The molecule has 0 spiro atoms. The smallest absolute Gasteiger partial charge is 0.291 e. The van der Waals surface area contributed by atoms with Crippen molar-refractivity contribution in [1.82, 2.24) is 0 Å². The molecule has 32 heavy (non-hydrogen) atoms. The summed E-state index contributed by atoms with van der Waals surface area (Å²) in [5, 5.41) is 11.6. The Morgan fingerprint density at radius 3 is 2.41 bits per heavy atom. The quantitative estimate of drug-likeness (QED) is 0.364. The van der Waals surface area contributed by atoms with E-state index in [1.165, 1.54) is 6.26 Å². The lowest BCUT2D eigenvalue weighted by Crippen LogP contribution is -2.22. The normalized spacial score (nSPS) is 10.3. The highest BCUT2D eigenvalue weighted by Gasteiger charge is 2.11. The average Bonchev–Trinajstić information content (AvgIpc) is 3.30. The molecule has 0 atom stereocenters. The zero-order chi connectivity index (χ0) is 22.9. The molecule has 0 saturated heterocycles. The van der Waals surface area contributed by atoms with Gasteiger partial charge in [0.2, 0.25) is 11.8 Å². The second-order valence-electron chi connectivity index (χ2n) is 6.91. The Morgan fingerprint density at radius 1 is 0.875 bits per heavy atom. The molecule has 0 unspecified atom stereocenters. The van der Waals surface area contributed by atoms with E-state index in [0.29, 0.717) is 34.2 Å². The van der Waals surface area contributed by atoms with Crippen LogP contribution >= 0.6 is 11.6 Å². The fourth-order valence-electron chi connectivity index (χ4n) is 2.83. The summed E-state index contributed by atoms with van der Waals surface area (Å²) in [6, 6.07) is 15.0. The van der Waals surface area contributed by atoms with E-state index in [2.05, 4.69) is 21.3 Å². The van der Waals surface area contributed by atoms with Crippen LogP contribution in [0.4, 0.5) is 22.7 Å². The van der Waals surface area contributed by atoms with Crippen molar-refractivity contribution in [2.24, 2.45) is 0 Å². The van der Waals surface area contributed by atoms with E-state index in [4.69, 9.17) is 16.0 Å². The van der Waals surface area contributed by atoms with Crippen molar-refractivity contribution >= 4 is 52.1 Å². The molecule has 166 valence electrons. The van der Waals surface area contributed by atoms with Gasteiger partial charge in [0.15, 0.2) is 5.76 Å². The highest BCUT2D eigenvalue weighted by atomic mass is 35.5. The summed E-state index contributed by atoms with van der Waals surface area (Å²) in [5.74, 6) is -0.597. The highest BCUT2D eigenvalue weighted by Crippen LogP contribution is 2.26. The Kier molecular flexibility index (Phi) is 7.88. The van der Waals surface area contributed by atoms with Crippen molar-refractivity contribution in [2.75, 3.05) is 27.8 Å². The lowest BCUT2D eigenvalue weighted by Gasteiger charge is -2.12. The SMILES string of the molecule is CCCC(=O)Nc1ccc(Cl)c(NC(=O)CNc2cccc(NC(=O)c3ccco3)c2)c1. The fourth-order valence-corrected chi connectivity index (χ4v) is 3.00. The molecule has 1 aromatic heterocycles. The largest absolute Gasteiger partial charge is 0.459 e. The Hall–Kier alpha value is -3.78. The standard InChI is InChI=1S/C23H23ClN4O4/c1-2-5-21(29)26-17-9-10-18(24)19(13-17)28-22(30)14-25-15-6-3-7-16(12-15)27-23(31)20-8-4-11-32-20/h3-4,6-13,25H,2,5,14H2,1H3,(H,26,29)(H,27,31)(H,28,30). The van der Waals surface area contributed by atoms with Gasteiger partial charge in [-0.25, -0.2) is 0 Å². The van der Waals surface area contributed by atoms with Crippen molar-refractivity contribution in [3.63, 3.8) is 0 Å². The Morgan fingerprint density at radius 2 is 1.66 bits per heavy atom. The first-order chi connectivity index (χ1) is 15.4. The Balaban J connectivity index is 1.56. The third-order valence-corrected chi connectivity index (χ3v) is 4.65. The van der Waals surface area contributed by atoms with Crippen LogP contribution in [0.15, 0.2) is 65.3 Å². The van der Waals surface area contributed by atoms with E-state index in [-0.39, 0.29) is 30.0 Å². The van der Waals surface area contributed by atoms with Crippen LogP contribution in [0.1, 0.15) is 30.3 Å². The molecule has 0 aliphatic carbocycles. The lowest BCUT2D eigenvalue weighted by atomic mass is 10.2. The van der Waals surface area contributed by atoms with Crippen molar-refractivity contribution in [1.29, 1.82) is 0 Å². The van der Waals surface area contributed by atoms with Gasteiger partial charge in [-0.05, 0) is 55.0 Å². The van der Waals surface area contributed by atoms with Crippen molar-refractivity contribution in [3.8, 4) is 0 Å². The number of rotatable bonds is 9. The van der Waals surface area contributed by atoms with Crippen LogP contribution in [0.2, 0.25) is 5.02 Å². The monoisotopic (exact) mass is 454 g/mol. The van der Waals surface area contributed by atoms with E-state index in [0.717, 1.165) is 6.42 Å². The summed E-state index contributed by atoms with van der Waals surface area (Å²) in [6.07, 6.45) is 2.57. The van der Waals surface area contributed by atoms with Crippen molar-refractivity contribution in [2.45, 2.75) is 19.8 Å². The topological polar surface area (TPSA) is 112 Å². The molecule has 9 heteroatoms. The molecule has 0 radical (unpaired) electrons. The maximum Gasteiger partial charge on any atom is 0.291 e. The molecule has 0 aliphatic rings. The number of halogens is 1. The molecule has 8 nitrogen and oxygen atoms in total. The minimum atomic E-state index is -0.370. The maximum absolute atomic E-state index is 12.4. The molecular formula is C23H23ClN4O4. The summed E-state index contributed by atoms with van der Waals surface area (Å²) >= 11 is 6.17. The molecule has 3 rings (SSSR count). The second kappa shape index (κ2) is 11.0. The predicted molar refractivity (Wildman–Crippen MR) is 125 cm³/mol. The number of carbonyl (C=O) groups excluding carboxylic acids is 3. The maximum atomic E-state index is 12.4. The van der Waals surface area contributed by atoms with Crippen LogP contribution in [-0.4, -0.2) is 24.3 Å². The van der Waals surface area contributed by atoms with E-state index >= 15 is 0 Å². The first-order valence-electron chi connectivity index (χ1n) is 10.0. The third-order valence-electron chi connectivity index (χ3n) is 4.32. The van der Waals surface area contributed by atoms with Crippen LogP contribution in [0.5, 0.6) is 0 Å². The number of furan rings is 1. The Bertz CT molecular complexity index is 1100. The molecule has 2 aromatic carbocycles. The van der Waals surface area contributed by atoms with Gasteiger partial charge in [-0.3, -0.25) is 14.4 Å². The summed E-state index contributed by atoms with van der Waals surface area (Å²) in [7, 11) is 0. The van der Waals surface area contributed by atoms with Crippen LogP contribution in [0.25, 0.3) is 0 Å². The molecular weight excluding hydrogens is 432 g/mol. The minimum absolute atomic E-state index is 0.0294. The van der Waals surface area contributed by atoms with E-state index in [1.54, 1.807) is 54.6 Å². The summed E-state index contributed by atoms with van der Waals surface area (Å²) in [4.78, 5) is 36.3. The minimum Gasteiger partial charge on any atom is -0.459 e. The molecule has 0 aliphatic heterocycles. The van der Waals surface area contributed by atoms with Crippen LogP contribution < -0.4 is 21.3 Å². The zero-order valence-electron chi connectivity index (χ0n) is 17.4. The van der Waals surface area contributed by atoms with Gasteiger partial charge in [-0.15, -0.1) is 0 Å². The van der Waals surface area contributed by atoms with Gasteiger partial charge in [-0.2, -0.15) is 0 Å². The molecule has 0 bridgehead atoms. The average molecular weight is 455 g/mol. The number of benzene rings is 2. The molecule has 1 heterocycles. The van der Waals surface area contributed by atoms with E-state index in [1.807, 2.05) is 6.92 Å². The van der Waals surface area contributed by atoms with Gasteiger partial charge >= 0.3 is 0 Å². The Labute approximate surface area is 190 Å². The van der Waals surface area contributed by atoms with Gasteiger partial charge in [0, 0.05) is 23.5 Å². The molecule has 4 N–H and O–H groups in total. The van der Waals surface area contributed by atoms with E-state index in [9.17, 15) is 14.4 Å². The zero-order valence-corrected chi connectivity index (χ0v) is 18.2. The summed E-state index contributed by atoms with van der Waals surface area (Å²) < 4.78 is 5.07. The summed E-state index contributed by atoms with van der Waals surface area (Å²) in [6.45, 7) is 1.89. The van der Waals surface area contributed by atoms with Gasteiger partial charge < -0.3 is 25.7 Å². The number of amides is 3. The highest BCUT2D eigenvalue weighted by molar-refractivity contribution is 6.34. The van der Waals surface area contributed by atoms with Crippen LogP contribution in [-0.2, 0) is 9.59 Å². The second-order valence-corrected chi connectivity index (χ2v) is 7.31. The number of anilines is 4. The van der Waals surface area contributed by atoms with Gasteiger partial charge in [0.1, 0.15) is 0 Å².